The molecule has 0 fully saturated rings. The molecule has 64 heavy (non-hydrogen) atoms. The van der Waals surface area contributed by atoms with Crippen LogP contribution >= 0.6 is 0 Å². The topological polar surface area (TPSA) is 14.2 Å². The van der Waals surface area contributed by atoms with Crippen molar-refractivity contribution in [2.75, 3.05) is 9.80 Å². The second-order valence-corrected chi connectivity index (χ2v) is 15.9. The molecule has 0 amide bonds. The lowest BCUT2D eigenvalue weighted by molar-refractivity contribution is -0.705. The third-order valence-corrected chi connectivity index (χ3v) is 11.9. The molecule has 0 N–H and O–H groups in total. The summed E-state index contributed by atoms with van der Waals surface area (Å²) in [6, 6.07) is 91.0. The van der Waals surface area contributed by atoms with Gasteiger partial charge in [-0.2, -0.15) is 9.13 Å². The summed E-state index contributed by atoms with van der Waals surface area (Å²) in [7, 11) is 0. The van der Waals surface area contributed by atoms with Gasteiger partial charge >= 0.3 is 0 Å². The highest BCUT2D eigenvalue weighted by molar-refractivity contribution is 5.79. The first-order valence-corrected chi connectivity index (χ1v) is 21.9. The van der Waals surface area contributed by atoms with Gasteiger partial charge < -0.3 is 9.80 Å². The van der Waals surface area contributed by atoms with E-state index in [9.17, 15) is 0 Å². The summed E-state index contributed by atoms with van der Waals surface area (Å²) >= 11 is 0. The molecule has 0 saturated heterocycles. The Morgan fingerprint density at radius 1 is 0.219 bits per heavy atom. The van der Waals surface area contributed by atoms with Gasteiger partial charge in [0, 0.05) is 80.6 Å². The van der Waals surface area contributed by atoms with Crippen molar-refractivity contribution in [2.24, 2.45) is 0 Å². The molecule has 0 aliphatic heterocycles. The van der Waals surface area contributed by atoms with E-state index in [4.69, 9.17) is 0 Å². The Kier molecular flexibility index (Phi) is 11.6. The second kappa shape index (κ2) is 18.7. The van der Waals surface area contributed by atoms with Crippen LogP contribution in [0.25, 0.3) is 11.1 Å². The van der Waals surface area contributed by atoms with Gasteiger partial charge in [0.15, 0.2) is 24.8 Å². The third-order valence-electron chi connectivity index (χ3n) is 11.9. The lowest BCUT2D eigenvalue weighted by Crippen LogP contribution is -2.39. The number of hydrogen-bond acceptors (Lipinski definition) is 2. The van der Waals surface area contributed by atoms with Crippen molar-refractivity contribution >= 4 is 34.1 Å². The Morgan fingerprint density at radius 2 is 0.469 bits per heavy atom. The molecule has 306 valence electrons. The smallest absolute Gasteiger partial charge is 0.208 e. The molecule has 2 aromatic heterocycles. The van der Waals surface area contributed by atoms with Gasteiger partial charge in [0.05, 0.1) is 0 Å². The Hall–Kier alpha value is -8.34. The van der Waals surface area contributed by atoms with E-state index in [1.165, 1.54) is 33.4 Å². The number of para-hydroxylation sites is 2. The molecule has 0 bridgehead atoms. The predicted octanol–water partition coefficient (Wildman–Crippen LogP) is 14.1. The van der Waals surface area contributed by atoms with Crippen LogP contribution in [0.1, 0.15) is 34.3 Å². The van der Waals surface area contributed by atoms with Crippen molar-refractivity contribution in [3.63, 3.8) is 0 Å². The molecule has 10 rings (SSSR count). The normalized spacial score (nSPS) is 11.9. The van der Waals surface area contributed by atoms with Gasteiger partial charge in [0.1, 0.15) is 0 Å². The van der Waals surface area contributed by atoms with Crippen LogP contribution in [-0.4, -0.2) is 0 Å². The van der Waals surface area contributed by atoms with Crippen LogP contribution < -0.4 is 18.9 Å². The van der Waals surface area contributed by atoms with Gasteiger partial charge in [0.2, 0.25) is 12.1 Å². The molecule has 0 aliphatic carbocycles. The van der Waals surface area contributed by atoms with Crippen LogP contribution in [0.4, 0.5) is 34.1 Å². The summed E-state index contributed by atoms with van der Waals surface area (Å²) in [4.78, 5) is 4.66. The molecule has 0 saturated carbocycles. The Bertz CT molecular complexity index is 2900. The summed E-state index contributed by atoms with van der Waals surface area (Å²) < 4.78 is 4.57. The number of anilines is 6. The Labute approximate surface area is 376 Å². The third kappa shape index (κ3) is 8.58. The van der Waals surface area contributed by atoms with Gasteiger partial charge in [0.25, 0.3) is 0 Å². The molecule has 2 heterocycles. The van der Waals surface area contributed by atoms with E-state index in [-0.39, 0.29) is 12.1 Å². The average molecular weight is 825 g/mol. The highest BCUT2D eigenvalue weighted by Gasteiger charge is 2.26. The Balaban J connectivity index is 1.02. The van der Waals surface area contributed by atoms with Gasteiger partial charge in [-0.15, -0.1) is 0 Å². The van der Waals surface area contributed by atoms with Crippen molar-refractivity contribution in [3.8, 4) is 11.1 Å². The fraction of sp³-hybridized carbons (Fsp3) is 0.0333. The summed E-state index contributed by atoms with van der Waals surface area (Å²) in [5.41, 5.74) is 13.8. The molecule has 0 spiro atoms. The van der Waals surface area contributed by atoms with Crippen LogP contribution in [0.2, 0.25) is 0 Å². The number of hydrogen-bond donors (Lipinski definition) is 0. The summed E-state index contributed by atoms with van der Waals surface area (Å²) in [5.74, 6) is 0. The molecular formula is C60H48N4+2. The fourth-order valence-corrected chi connectivity index (χ4v) is 8.78. The van der Waals surface area contributed by atoms with Gasteiger partial charge in [-0.25, -0.2) is 0 Å². The Morgan fingerprint density at radius 3 is 0.828 bits per heavy atom. The molecular weight excluding hydrogens is 777 g/mol. The monoisotopic (exact) mass is 824 g/mol. The van der Waals surface area contributed by atoms with E-state index in [0.717, 1.165) is 34.1 Å². The first-order valence-electron chi connectivity index (χ1n) is 21.9. The van der Waals surface area contributed by atoms with E-state index >= 15 is 0 Å². The van der Waals surface area contributed by atoms with Gasteiger partial charge in [-0.05, 0) is 120 Å². The van der Waals surface area contributed by atoms with E-state index < -0.39 is 0 Å². The van der Waals surface area contributed by atoms with E-state index in [1.54, 1.807) is 0 Å². The molecule has 2 unspecified atom stereocenters. The molecule has 0 radical (unpaired) electrons. The van der Waals surface area contributed by atoms with Crippen molar-refractivity contribution in [1.29, 1.82) is 0 Å². The minimum atomic E-state index is -0.0468. The minimum Gasteiger partial charge on any atom is -0.311 e. The predicted molar refractivity (Wildman–Crippen MR) is 262 cm³/mol. The van der Waals surface area contributed by atoms with Crippen molar-refractivity contribution in [2.45, 2.75) is 12.1 Å². The van der Waals surface area contributed by atoms with E-state index in [2.05, 4.69) is 299 Å². The molecule has 8 aromatic carbocycles. The summed E-state index contributed by atoms with van der Waals surface area (Å²) in [6.45, 7) is 0. The van der Waals surface area contributed by atoms with Crippen LogP contribution in [0.5, 0.6) is 0 Å². The summed E-state index contributed by atoms with van der Waals surface area (Å²) in [6.07, 6.45) is 8.61. The molecule has 0 aliphatic rings. The number of aromatic nitrogens is 2. The number of rotatable bonds is 13. The highest BCUT2D eigenvalue weighted by Crippen LogP contribution is 2.39. The first-order chi connectivity index (χ1) is 31.8. The minimum absolute atomic E-state index is 0.0376. The fourth-order valence-electron chi connectivity index (χ4n) is 8.78. The standard InChI is InChI=1S/C60H48N4/c1-7-19-47(20-8-1)48-27-35-55(36-28-48)64(57-39-29-50(30-40-57)59(49-21-9-2-10-22-49)61-43-15-5-16-44-61)58-41-33-52(34-42-58)60(62-45-17-6-18-46-62)51-31-37-56(38-32-51)63(53-23-11-3-12-24-53)54-25-13-4-14-26-54/h1-46,59-60H/q+2. The zero-order chi connectivity index (χ0) is 42.9. The second-order valence-electron chi connectivity index (χ2n) is 15.9. The SMILES string of the molecule is c1ccc(-c2ccc(N(c3ccc(C(c4ccccc4)[n+]4ccccc4)cc3)c3ccc(C(c4ccc(N(c5ccccc5)c5ccccc5)cc4)[n+]4ccccc4)cc3)cc2)cc1. The van der Waals surface area contributed by atoms with Crippen molar-refractivity contribution in [1.82, 2.24) is 0 Å². The van der Waals surface area contributed by atoms with Crippen LogP contribution in [0.15, 0.2) is 280 Å². The first kappa shape index (κ1) is 39.8. The molecule has 4 nitrogen and oxygen atoms in total. The van der Waals surface area contributed by atoms with E-state index in [1.807, 2.05) is 0 Å². The average Bonchev–Trinajstić information content (AvgIpc) is 3.38. The largest absolute Gasteiger partial charge is 0.311 e. The van der Waals surface area contributed by atoms with Crippen molar-refractivity contribution in [3.05, 3.63) is 302 Å². The maximum absolute atomic E-state index is 2.36. The lowest BCUT2D eigenvalue weighted by Gasteiger charge is -2.27. The number of nitrogens with zero attached hydrogens (tertiary/aromatic N) is 4. The van der Waals surface area contributed by atoms with Crippen LogP contribution in [-0.2, 0) is 0 Å². The van der Waals surface area contributed by atoms with Crippen LogP contribution in [0, 0.1) is 0 Å². The van der Waals surface area contributed by atoms with Gasteiger partial charge in [-0.1, -0.05) is 121 Å². The number of pyridine rings is 2. The van der Waals surface area contributed by atoms with E-state index in [0.29, 0.717) is 0 Å². The zero-order valence-electron chi connectivity index (χ0n) is 35.5. The molecule has 4 heteroatoms. The molecule has 2 atom stereocenters. The van der Waals surface area contributed by atoms with Crippen LogP contribution in [0.3, 0.4) is 0 Å². The van der Waals surface area contributed by atoms with Gasteiger partial charge in [-0.3, -0.25) is 0 Å². The lowest BCUT2D eigenvalue weighted by atomic mass is 9.96. The zero-order valence-corrected chi connectivity index (χ0v) is 35.5. The maximum atomic E-state index is 2.36. The molecule has 10 aromatic rings. The number of benzene rings is 8. The highest BCUT2D eigenvalue weighted by atomic mass is 15.1. The summed E-state index contributed by atoms with van der Waals surface area (Å²) in [5, 5.41) is 0. The maximum Gasteiger partial charge on any atom is 0.208 e. The van der Waals surface area contributed by atoms with Crippen molar-refractivity contribution < 1.29 is 9.13 Å². The quantitative estimate of drug-likeness (QED) is 0.108.